The van der Waals surface area contributed by atoms with Crippen molar-refractivity contribution in [2.24, 2.45) is 5.73 Å². The summed E-state index contributed by atoms with van der Waals surface area (Å²) < 4.78 is 1.80. The topological polar surface area (TPSA) is 64.1 Å². The van der Waals surface area contributed by atoms with Gasteiger partial charge >= 0.3 is 0 Å². The first-order valence-corrected chi connectivity index (χ1v) is 4.62. The number of hydrogen-bond donors (Lipinski definition) is 2. The number of nitrogens with two attached hydrogens (primary N) is 1. The van der Waals surface area contributed by atoms with Crippen LogP contribution in [0.2, 0.25) is 0 Å². The number of rotatable bonds is 4. The van der Waals surface area contributed by atoms with E-state index in [0.29, 0.717) is 0 Å². The van der Waals surface area contributed by atoms with Gasteiger partial charge in [-0.3, -0.25) is 4.68 Å². The average Bonchev–Trinajstić information content (AvgIpc) is 2.52. The Hall–Kier alpha value is -0.870. The quantitative estimate of drug-likeness (QED) is 0.721. The van der Waals surface area contributed by atoms with Crippen LogP contribution in [0.3, 0.4) is 0 Å². The molecule has 0 aliphatic carbocycles. The van der Waals surface area contributed by atoms with Gasteiger partial charge in [-0.1, -0.05) is 6.92 Å². The molecule has 3 N–H and O–H groups in total. The van der Waals surface area contributed by atoms with E-state index >= 15 is 0 Å². The fourth-order valence-corrected chi connectivity index (χ4v) is 1.26. The van der Waals surface area contributed by atoms with E-state index in [2.05, 4.69) is 12.0 Å². The van der Waals surface area contributed by atoms with Gasteiger partial charge in [0.2, 0.25) is 0 Å². The molecule has 1 aromatic heterocycles. The smallest absolute Gasteiger partial charge is 0.110 e. The molecule has 0 aliphatic rings. The highest BCUT2D eigenvalue weighted by Gasteiger charge is 2.16. The normalized spacial score (nSPS) is 15.7. The van der Waals surface area contributed by atoms with Gasteiger partial charge in [-0.25, -0.2) is 0 Å². The van der Waals surface area contributed by atoms with Crippen LogP contribution >= 0.6 is 0 Å². The first-order valence-electron chi connectivity index (χ1n) is 4.62. The number of aliphatic hydroxyl groups excluding tert-OH is 1. The molecule has 4 nitrogen and oxygen atoms in total. The van der Waals surface area contributed by atoms with E-state index in [1.807, 2.05) is 6.07 Å². The molecule has 0 aromatic carbocycles. The van der Waals surface area contributed by atoms with Gasteiger partial charge in [0.15, 0.2) is 0 Å². The molecule has 0 saturated heterocycles. The summed E-state index contributed by atoms with van der Waals surface area (Å²) in [4.78, 5) is 0. The summed E-state index contributed by atoms with van der Waals surface area (Å²) >= 11 is 0. The van der Waals surface area contributed by atoms with Crippen molar-refractivity contribution in [3.63, 3.8) is 0 Å². The summed E-state index contributed by atoms with van der Waals surface area (Å²) in [6.45, 7) is 4.68. The highest BCUT2D eigenvalue weighted by molar-refractivity contribution is 5.06. The Balaban J connectivity index is 2.80. The number of aromatic nitrogens is 2. The molecular formula is C9H17N3O. The van der Waals surface area contributed by atoms with Gasteiger partial charge in [-0.15, -0.1) is 0 Å². The molecule has 0 aliphatic heterocycles. The number of hydrogen-bond acceptors (Lipinski definition) is 3. The molecule has 2 unspecified atom stereocenters. The maximum Gasteiger partial charge on any atom is 0.110 e. The molecule has 1 rings (SSSR count). The Kier molecular flexibility index (Phi) is 3.45. The Morgan fingerprint density at radius 3 is 2.92 bits per heavy atom. The molecular weight excluding hydrogens is 166 g/mol. The summed E-state index contributed by atoms with van der Waals surface area (Å²) in [6.07, 6.45) is 2.07. The molecule has 0 saturated carbocycles. The van der Waals surface area contributed by atoms with Crippen LogP contribution in [-0.4, -0.2) is 20.9 Å². The fraction of sp³-hybridized carbons (Fsp3) is 0.667. The molecule has 0 spiro atoms. The average molecular weight is 183 g/mol. The first kappa shape index (κ1) is 10.2. The zero-order valence-corrected chi connectivity index (χ0v) is 8.14. The Morgan fingerprint density at radius 2 is 2.38 bits per heavy atom. The molecule has 0 bridgehead atoms. The van der Waals surface area contributed by atoms with Crippen molar-refractivity contribution in [1.82, 2.24) is 9.78 Å². The second kappa shape index (κ2) is 4.39. The highest BCUT2D eigenvalue weighted by Crippen LogP contribution is 2.14. The molecule has 74 valence electrons. The van der Waals surface area contributed by atoms with Gasteiger partial charge in [0.1, 0.15) is 6.10 Å². The Bertz CT molecular complexity index is 257. The van der Waals surface area contributed by atoms with E-state index in [1.54, 1.807) is 17.8 Å². The fourth-order valence-electron chi connectivity index (χ4n) is 1.26. The second-order valence-corrected chi connectivity index (χ2v) is 3.28. The van der Waals surface area contributed by atoms with Crippen molar-refractivity contribution < 1.29 is 5.11 Å². The summed E-state index contributed by atoms with van der Waals surface area (Å²) in [5.74, 6) is 0. The molecule has 2 atom stereocenters. The lowest BCUT2D eigenvalue weighted by molar-refractivity contribution is 0.142. The van der Waals surface area contributed by atoms with Crippen LogP contribution in [0.15, 0.2) is 12.3 Å². The third-order valence-electron chi connectivity index (χ3n) is 1.99. The van der Waals surface area contributed by atoms with Crippen LogP contribution in [0.1, 0.15) is 32.1 Å². The van der Waals surface area contributed by atoms with Gasteiger partial charge in [0, 0.05) is 18.8 Å². The summed E-state index contributed by atoms with van der Waals surface area (Å²) in [5, 5.41) is 13.8. The van der Waals surface area contributed by atoms with Crippen molar-refractivity contribution in [2.75, 3.05) is 0 Å². The van der Waals surface area contributed by atoms with Gasteiger partial charge in [-0.05, 0) is 19.4 Å². The Morgan fingerprint density at radius 1 is 1.69 bits per heavy atom. The Labute approximate surface area is 78.4 Å². The number of aryl methyl sites for hydroxylation is 1. The van der Waals surface area contributed by atoms with Crippen LogP contribution < -0.4 is 5.73 Å². The van der Waals surface area contributed by atoms with Gasteiger partial charge < -0.3 is 10.8 Å². The van der Waals surface area contributed by atoms with Crippen LogP contribution in [0, 0.1) is 0 Å². The maximum atomic E-state index is 9.71. The largest absolute Gasteiger partial charge is 0.385 e. The van der Waals surface area contributed by atoms with Crippen molar-refractivity contribution >= 4 is 0 Å². The molecule has 0 radical (unpaired) electrons. The number of aliphatic hydroxyl groups is 1. The van der Waals surface area contributed by atoms with Crippen molar-refractivity contribution in [3.8, 4) is 0 Å². The van der Waals surface area contributed by atoms with E-state index < -0.39 is 6.10 Å². The van der Waals surface area contributed by atoms with Crippen molar-refractivity contribution in [3.05, 3.63) is 18.0 Å². The standard InChI is InChI=1S/C9H17N3O/c1-3-6-12-8(4-5-11-12)9(13)7(2)10/h4-5,7,9,13H,3,6,10H2,1-2H3. The van der Waals surface area contributed by atoms with E-state index in [0.717, 1.165) is 18.7 Å². The molecule has 0 fully saturated rings. The van der Waals surface area contributed by atoms with Crippen LogP contribution in [0.5, 0.6) is 0 Å². The van der Waals surface area contributed by atoms with Crippen LogP contribution in [0.25, 0.3) is 0 Å². The van der Waals surface area contributed by atoms with E-state index in [9.17, 15) is 5.11 Å². The molecule has 0 amide bonds. The van der Waals surface area contributed by atoms with E-state index in [1.165, 1.54) is 0 Å². The molecule has 4 heteroatoms. The minimum Gasteiger partial charge on any atom is -0.385 e. The summed E-state index contributed by atoms with van der Waals surface area (Å²) in [7, 11) is 0. The van der Waals surface area contributed by atoms with E-state index in [4.69, 9.17) is 5.73 Å². The third kappa shape index (κ3) is 2.29. The number of nitrogens with zero attached hydrogens (tertiary/aromatic N) is 2. The minimum atomic E-state index is -0.617. The van der Waals surface area contributed by atoms with Crippen molar-refractivity contribution in [2.45, 2.75) is 39.0 Å². The van der Waals surface area contributed by atoms with E-state index in [-0.39, 0.29) is 6.04 Å². The monoisotopic (exact) mass is 183 g/mol. The lowest BCUT2D eigenvalue weighted by Crippen LogP contribution is -2.26. The predicted molar refractivity (Wildman–Crippen MR) is 51.1 cm³/mol. The predicted octanol–water partition coefficient (Wildman–Crippen LogP) is 0.674. The summed E-state index contributed by atoms with van der Waals surface area (Å²) in [6, 6.07) is 1.55. The maximum absolute atomic E-state index is 9.71. The summed E-state index contributed by atoms with van der Waals surface area (Å²) in [5.41, 5.74) is 6.40. The van der Waals surface area contributed by atoms with Crippen LogP contribution in [0.4, 0.5) is 0 Å². The third-order valence-corrected chi connectivity index (χ3v) is 1.99. The second-order valence-electron chi connectivity index (χ2n) is 3.28. The molecule has 1 aromatic rings. The lowest BCUT2D eigenvalue weighted by Gasteiger charge is -2.15. The zero-order valence-electron chi connectivity index (χ0n) is 8.14. The zero-order chi connectivity index (χ0) is 9.84. The first-order chi connectivity index (χ1) is 6.16. The SMILES string of the molecule is CCCn1nccc1C(O)C(C)N. The lowest BCUT2D eigenvalue weighted by atomic mass is 10.1. The van der Waals surface area contributed by atoms with Crippen molar-refractivity contribution in [1.29, 1.82) is 0 Å². The minimum absolute atomic E-state index is 0.257. The van der Waals surface area contributed by atoms with Gasteiger partial charge in [-0.2, -0.15) is 5.10 Å². The van der Waals surface area contributed by atoms with Crippen LogP contribution in [-0.2, 0) is 6.54 Å². The molecule has 1 heterocycles. The molecule has 13 heavy (non-hydrogen) atoms. The van der Waals surface area contributed by atoms with Gasteiger partial charge in [0.25, 0.3) is 0 Å². The highest BCUT2D eigenvalue weighted by atomic mass is 16.3. The van der Waals surface area contributed by atoms with Gasteiger partial charge in [0.05, 0.1) is 5.69 Å².